The monoisotopic (exact) mass is 498 g/mol. The molecule has 2 amide bonds. The van der Waals surface area contributed by atoms with Crippen LogP contribution in [0.15, 0.2) is 0 Å². The Kier molecular flexibility index (Phi) is 8.33. The number of ether oxygens (including phenoxy) is 2. The Labute approximate surface area is 174 Å². The zero-order valence-corrected chi connectivity index (χ0v) is 19.0. The Balaban J connectivity index is 3.01. The second-order valence-corrected chi connectivity index (χ2v) is 9.67. The number of aliphatic hydroxyl groups is 1. The number of carbonyl (C=O) groups is 3. The molecule has 156 valence electrons. The highest BCUT2D eigenvalue weighted by atomic mass is 127. The zero-order chi connectivity index (χ0) is 21.0. The van der Waals surface area contributed by atoms with Crippen molar-refractivity contribution in [3.05, 3.63) is 0 Å². The van der Waals surface area contributed by atoms with Gasteiger partial charge in [0, 0.05) is 10.8 Å². The van der Waals surface area contributed by atoms with Crippen LogP contribution in [0.4, 0.5) is 4.79 Å². The molecular formula is C18H31IN2O6. The predicted octanol–water partition coefficient (Wildman–Crippen LogP) is 1.77. The van der Waals surface area contributed by atoms with E-state index >= 15 is 0 Å². The first-order chi connectivity index (χ1) is 12.3. The predicted molar refractivity (Wildman–Crippen MR) is 109 cm³/mol. The summed E-state index contributed by atoms with van der Waals surface area (Å²) in [7, 11) is 0. The molecule has 0 spiro atoms. The van der Waals surface area contributed by atoms with E-state index < -0.39 is 47.0 Å². The van der Waals surface area contributed by atoms with Crippen molar-refractivity contribution in [2.75, 3.05) is 11.0 Å². The van der Waals surface area contributed by atoms with E-state index in [4.69, 9.17) is 9.47 Å². The number of esters is 1. The van der Waals surface area contributed by atoms with Gasteiger partial charge in [0.05, 0.1) is 18.6 Å². The summed E-state index contributed by atoms with van der Waals surface area (Å²) in [4.78, 5) is 37.4. The van der Waals surface area contributed by atoms with Crippen molar-refractivity contribution in [1.82, 2.24) is 10.6 Å². The summed E-state index contributed by atoms with van der Waals surface area (Å²) in [6, 6.07) is -1.68. The van der Waals surface area contributed by atoms with E-state index in [1.54, 1.807) is 20.8 Å². The Hall–Kier alpha value is -1.10. The maximum atomic E-state index is 12.9. The third kappa shape index (κ3) is 7.44. The fraction of sp³-hybridized carbons (Fsp3) is 0.833. The largest absolute Gasteiger partial charge is 0.461 e. The van der Waals surface area contributed by atoms with Gasteiger partial charge < -0.3 is 25.2 Å². The molecule has 0 radical (unpaired) electrons. The van der Waals surface area contributed by atoms with E-state index in [-0.39, 0.29) is 12.7 Å². The molecular weight excluding hydrogens is 467 g/mol. The van der Waals surface area contributed by atoms with Crippen LogP contribution in [0.5, 0.6) is 0 Å². The first-order valence-electron chi connectivity index (χ1n) is 8.95. The number of cyclic esters (lactones) is 1. The first-order valence-corrected chi connectivity index (χ1v) is 10.5. The second kappa shape index (κ2) is 9.40. The van der Waals surface area contributed by atoms with E-state index in [0.717, 1.165) is 0 Å². The van der Waals surface area contributed by atoms with Crippen LogP contribution in [0.3, 0.4) is 0 Å². The van der Waals surface area contributed by atoms with E-state index in [9.17, 15) is 19.5 Å². The molecule has 8 nitrogen and oxygen atoms in total. The lowest BCUT2D eigenvalue weighted by Gasteiger charge is -2.32. The quantitative estimate of drug-likeness (QED) is 0.292. The van der Waals surface area contributed by atoms with Crippen LogP contribution >= 0.6 is 22.6 Å². The Morgan fingerprint density at radius 2 is 1.85 bits per heavy atom. The Morgan fingerprint density at radius 3 is 2.26 bits per heavy atom. The van der Waals surface area contributed by atoms with E-state index in [0.29, 0.717) is 10.8 Å². The van der Waals surface area contributed by atoms with Gasteiger partial charge in [-0.3, -0.25) is 9.59 Å². The van der Waals surface area contributed by atoms with Gasteiger partial charge in [0.15, 0.2) is 0 Å². The van der Waals surface area contributed by atoms with E-state index in [2.05, 4.69) is 33.2 Å². The molecule has 0 aliphatic carbocycles. The van der Waals surface area contributed by atoms with E-state index in [1.165, 1.54) is 0 Å². The molecule has 1 fully saturated rings. The second-order valence-electron chi connectivity index (χ2n) is 8.79. The molecule has 0 bridgehead atoms. The molecule has 27 heavy (non-hydrogen) atoms. The van der Waals surface area contributed by atoms with Crippen molar-refractivity contribution < 1.29 is 29.0 Å². The van der Waals surface area contributed by atoms with Crippen molar-refractivity contribution in [3.8, 4) is 0 Å². The molecule has 0 aromatic heterocycles. The summed E-state index contributed by atoms with van der Waals surface area (Å²) in [6.07, 6.45) is -0.755. The lowest BCUT2D eigenvalue weighted by atomic mass is 9.86. The van der Waals surface area contributed by atoms with E-state index in [1.807, 2.05) is 20.8 Å². The van der Waals surface area contributed by atoms with Crippen LogP contribution < -0.4 is 10.6 Å². The topological polar surface area (TPSA) is 114 Å². The van der Waals surface area contributed by atoms with Crippen LogP contribution in [0.25, 0.3) is 0 Å². The van der Waals surface area contributed by atoms with Crippen molar-refractivity contribution in [2.24, 2.45) is 11.3 Å². The highest BCUT2D eigenvalue weighted by molar-refractivity contribution is 14.1. The fourth-order valence-corrected chi connectivity index (χ4v) is 3.17. The van der Waals surface area contributed by atoms with Crippen LogP contribution in [-0.4, -0.2) is 57.9 Å². The van der Waals surface area contributed by atoms with Gasteiger partial charge in [-0.25, -0.2) is 4.79 Å². The maximum absolute atomic E-state index is 12.9. The molecule has 3 N–H and O–H groups in total. The van der Waals surface area contributed by atoms with Crippen molar-refractivity contribution in [3.63, 3.8) is 0 Å². The maximum Gasteiger partial charge on any atom is 0.408 e. The van der Waals surface area contributed by atoms with Gasteiger partial charge >= 0.3 is 12.1 Å². The molecule has 1 rings (SSSR count). The molecule has 0 aromatic carbocycles. The first kappa shape index (κ1) is 23.9. The number of carbonyl (C=O) groups excluding carboxylic acids is 3. The number of aliphatic hydroxyl groups excluding tert-OH is 1. The third-order valence-electron chi connectivity index (χ3n) is 4.18. The average Bonchev–Trinajstić information content (AvgIpc) is 2.88. The van der Waals surface area contributed by atoms with Crippen molar-refractivity contribution >= 4 is 40.6 Å². The number of amides is 2. The van der Waals surface area contributed by atoms with Crippen LogP contribution in [0.2, 0.25) is 0 Å². The zero-order valence-electron chi connectivity index (χ0n) is 16.8. The van der Waals surface area contributed by atoms with Crippen molar-refractivity contribution in [1.29, 1.82) is 0 Å². The Bertz CT molecular complexity index is 555. The molecule has 0 saturated carbocycles. The summed E-state index contributed by atoms with van der Waals surface area (Å²) in [5, 5.41) is 14.9. The van der Waals surface area contributed by atoms with Crippen LogP contribution in [0, 0.1) is 11.3 Å². The summed E-state index contributed by atoms with van der Waals surface area (Å²) < 4.78 is 11.1. The van der Waals surface area contributed by atoms with Gasteiger partial charge in [0.2, 0.25) is 5.91 Å². The summed E-state index contributed by atoms with van der Waals surface area (Å²) in [5.74, 6) is -1.88. The standard InChI is InChI=1S/C18H31IN2O6/c1-17(2,3)12(9-22)20-14(23)13(21-16(25)27-18(4,5)6)11-7-10(8-19)26-15(11)24/h10-13,22H,7-9H2,1-6H3,(H,20,23)(H,21,25)/t10-,11+,12-,13-/m1/s1. The summed E-state index contributed by atoms with van der Waals surface area (Å²) in [5.41, 5.74) is -1.15. The highest BCUT2D eigenvalue weighted by Crippen LogP contribution is 2.27. The molecule has 9 heteroatoms. The summed E-state index contributed by atoms with van der Waals surface area (Å²) >= 11 is 2.11. The lowest BCUT2D eigenvalue weighted by Crippen LogP contribution is -2.57. The van der Waals surface area contributed by atoms with Gasteiger partial charge in [-0.2, -0.15) is 0 Å². The van der Waals surface area contributed by atoms with Gasteiger partial charge in [-0.15, -0.1) is 0 Å². The van der Waals surface area contributed by atoms with Gasteiger partial charge in [-0.05, 0) is 26.2 Å². The third-order valence-corrected chi connectivity index (χ3v) is 5.16. The molecule has 1 aliphatic rings. The van der Waals surface area contributed by atoms with Crippen LogP contribution in [0.1, 0.15) is 48.0 Å². The molecule has 1 saturated heterocycles. The van der Waals surface area contributed by atoms with Gasteiger partial charge in [0.25, 0.3) is 0 Å². The smallest absolute Gasteiger partial charge is 0.408 e. The number of alkyl halides is 1. The highest BCUT2D eigenvalue weighted by Gasteiger charge is 2.44. The minimum atomic E-state index is -1.14. The molecule has 4 atom stereocenters. The van der Waals surface area contributed by atoms with Crippen LogP contribution in [-0.2, 0) is 19.1 Å². The van der Waals surface area contributed by atoms with Gasteiger partial charge in [-0.1, -0.05) is 43.4 Å². The number of hydrogen-bond donors (Lipinski definition) is 3. The number of halogens is 1. The minimum absolute atomic E-state index is 0.264. The molecule has 1 heterocycles. The number of hydrogen-bond acceptors (Lipinski definition) is 6. The SMILES string of the molecule is CC(C)(C)OC(=O)N[C@@H](C(=O)N[C@H](CO)C(C)(C)C)[C@@H]1C[C@H](CI)OC1=O. The average molecular weight is 498 g/mol. The number of rotatable bonds is 6. The van der Waals surface area contributed by atoms with Crippen molar-refractivity contribution in [2.45, 2.75) is 71.8 Å². The Morgan fingerprint density at radius 1 is 1.26 bits per heavy atom. The molecule has 0 aromatic rings. The summed E-state index contributed by atoms with van der Waals surface area (Å²) in [6.45, 7) is 10.5. The minimum Gasteiger partial charge on any atom is -0.461 e. The normalized spacial score (nSPS) is 22.6. The molecule has 0 unspecified atom stereocenters. The fourth-order valence-electron chi connectivity index (χ4n) is 2.63. The number of alkyl carbamates (subject to hydrolysis) is 1. The lowest BCUT2D eigenvalue weighted by molar-refractivity contribution is -0.146. The number of nitrogens with one attached hydrogen (secondary N) is 2. The molecule has 1 aliphatic heterocycles. The van der Waals surface area contributed by atoms with Gasteiger partial charge in [0.1, 0.15) is 17.7 Å².